The van der Waals surface area contributed by atoms with Crippen molar-refractivity contribution in [3.8, 4) is 11.8 Å². The Morgan fingerprint density at radius 2 is 1.79 bits per heavy atom. The Balaban J connectivity index is 1.29. The van der Waals surface area contributed by atoms with Crippen LogP contribution in [0.15, 0.2) is 54.6 Å². The van der Waals surface area contributed by atoms with Crippen LogP contribution in [-0.2, 0) is 4.79 Å². The zero-order chi connectivity index (χ0) is 22.8. The van der Waals surface area contributed by atoms with Crippen molar-refractivity contribution in [2.75, 3.05) is 25.0 Å². The van der Waals surface area contributed by atoms with Crippen molar-refractivity contribution in [3.63, 3.8) is 0 Å². The second-order valence-corrected chi connectivity index (χ2v) is 9.19. The van der Waals surface area contributed by atoms with E-state index in [1.54, 1.807) is 9.80 Å². The highest BCUT2D eigenvalue weighted by Gasteiger charge is 2.54. The van der Waals surface area contributed by atoms with Gasteiger partial charge in [0, 0.05) is 29.6 Å². The highest BCUT2D eigenvalue weighted by atomic mass is 16.3. The topological polar surface area (TPSA) is 72.9 Å². The Labute approximate surface area is 194 Å². The molecule has 2 saturated heterocycles. The molecule has 0 bridgehead atoms. The lowest BCUT2D eigenvalue weighted by molar-refractivity contribution is -0.159. The molecule has 5 rings (SSSR count). The fourth-order valence-corrected chi connectivity index (χ4v) is 5.42. The molecule has 3 amide bonds. The second-order valence-electron chi connectivity index (χ2n) is 9.19. The lowest BCUT2D eigenvalue weighted by Crippen LogP contribution is -2.73. The van der Waals surface area contributed by atoms with Gasteiger partial charge in [-0.3, -0.25) is 4.79 Å². The molecule has 2 N–H and O–H groups in total. The van der Waals surface area contributed by atoms with Crippen molar-refractivity contribution < 1.29 is 14.7 Å². The molecule has 0 aromatic heterocycles. The highest BCUT2D eigenvalue weighted by Crippen LogP contribution is 2.43. The van der Waals surface area contributed by atoms with E-state index in [2.05, 4.69) is 29.3 Å². The fraction of sp³-hybridized carbons (Fsp3) is 0.407. The van der Waals surface area contributed by atoms with E-state index >= 15 is 0 Å². The van der Waals surface area contributed by atoms with Gasteiger partial charge in [0.25, 0.3) is 0 Å². The van der Waals surface area contributed by atoms with Crippen molar-refractivity contribution in [2.24, 2.45) is 5.92 Å². The van der Waals surface area contributed by atoms with Gasteiger partial charge in [-0.25, -0.2) is 4.79 Å². The van der Waals surface area contributed by atoms with E-state index in [-0.39, 0.29) is 43.1 Å². The third kappa shape index (κ3) is 4.34. The molecule has 2 aromatic carbocycles. The van der Waals surface area contributed by atoms with Crippen LogP contribution >= 0.6 is 0 Å². The first-order chi connectivity index (χ1) is 16.1. The van der Waals surface area contributed by atoms with Gasteiger partial charge in [0.05, 0.1) is 18.7 Å². The van der Waals surface area contributed by atoms with Gasteiger partial charge in [-0.2, -0.15) is 0 Å². The highest BCUT2D eigenvalue weighted by molar-refractivity contribution is 5.93. The number of aliphatic hydroxyl groups is 1. The van der Waals surface area contributed by atoms with Crippen LogP contribution in [0.1, 0.15) is 42.7 Å². The Bertz CT molecular complexity index is 1070. The Kier molecular flexibility index (Phi) is 6.06. The van der Waals surface area contributed by atoms with Crippen molar-refractivity contribution in [1.29, 1.82) is 0 Å². The van der Waals surface area contributed by atoms with Gasteiger partial charge in [0.15, 0.2) is 0 Å². The summed E-state index contributed by atoms with van der Waals surface area (Å²) in [4.78, 5) is 28.9. The molecule has 170 valence electrons. The van der Waals surface area contributed by atoms with Crippen molar-refractivity contribution in [1.82, 2.24) is 9.80 Å². The molecular formula is C27H29N3O3. The van der Waals surface area contributed by atoms with E-state index in [0.717, 1.165) is 11.1 Å². The van der Waals surface area contributed by atoms with Gasteiger partial charge >= 0.3 is 6.03 Å². The summed E-state index contributed by atoms with van der Waals surface area (Å²) in [6, 6.07) is 16.7. The zero-order valence-electron chi connectivity index (χ0n) is 18.6. The van der Waals surface area contributed by atoms with Gasteiger partial charge in [0.1, 0.15) is 6.54 Å². The minimum atomic E-state index is -0.280. The summed E-state index contributed by atoms with van der Waals surface area (Å²) < 4.78 is 0. The van der Waals surface area contributed by atoms with Gasteiger partial charge in [-0.15, -0.1) is 0 Å². The molecule has 0 radical (unpaired) electrons. The first-order valence-corrected chi connectivity index (χ1v) is 11.8. The third-order valence-corrected chi connectivity index (χ3v) is 7.14. The molecule has 3 atom stereocenters. The number of para-hydroxylation sites is 1. The fourth-order valence-electron chi connectivity index (χ4n) is 5.42. The summed E-state index contributed by atoms with van der Waals surface area (Å²) in [6.07, 6.45) is 4.95. The summed E-state index contributed by atoms with van der Waals surface area (Å²) in [5.74, 6) is 7.07. The van der Waals surface area contributed by atoms with E-state index < -0.39 is 0 Å². The van der Waals surface area contributed by atoms with Crippen LogP contribution in [-0.4, -0.2) is 58.6 Å². The maximum Gasteiger partial charge on any atom is 0.322 e. The van der Waals surface area contributed by atoms with E-state index in [1.807, 2.05) is 42.5 Å². The molecule has 2 aromatic rings. The number of nitrogens with one attached hydrogen (secondary N) is 1. The molecule has 3 aliphatic rings. The zero-order valence-corrected chi connectivity index (χ0v) is 18.6. The number of anilines is 1. The molecule has 6 heteroatoms. The molecule has 1 saturated carbocycles. The predicted octanol–water partition coefficient (Wildman–Crippen LogP) is 3.43. The minimum absolute atomic E-state index is 0.0110. The molecule has 33 heavy (non-hydrogen) atoms. The number of hydrogen-bond acceptors (Lipinski definition) is 3. The summed E-state index contributed by atoms with van der Waals surface area (Å²) in [6.45, 7) is 0.370. The Morgan fingerprint density at radius 3 is 2.48 bits per heavy atom. The Hall–Kier alpha value is -3.30. The number of hydrogen-bond donors (Lipinski definition) is 2. The van der Waals surface area contributed by atoms with Crippen LogP contribution in [0.25, 0.3) is 0 Å². The second kappa shape index (κ2) is 9.29. The van der Waals surface area contributed by atoms with Gasteiger partial charge in [-0.05, 0) is 42.7 Å². The SMILES string of the molecule is O=C(Nc1ccccc1)N1CC(=O)N2[C@H](CO)[C@H](c3ccc(C#CC4CCCC4)cc3)[C@H]2C1. The molecule has 0 spiro atoms. The van der Waals surface area contributed by atoms with Crippen LogP contribution in [0.3, 0.4) is 0 Å². The average molecular weight is 444 g/mol. The number of carbonyl (C=O) groups is 2. The molecular weight excluding hydrogens is 414 g/mol. The van der Waals surface area contributed by atoms with E-state index in [9.17, 15) is 14.7 Å². The molecule has 3 fully saturated rings. The third-order valence-electron chi connectivity index (χ3n) is 7.14. The summed E-state index contributed by atoms with van der Waals surface area (Å²) in [7, 11) is 0. The predicted molar refractivity (Wildman–Crippen MR) is 127 cm³/mol. The van der Waals surface area contributed by atoms with Crippen molar-refractivity contribution >= 4 is 17.6 Å². The number of aliphatic hydroxyl groups excluding tert-OH is 1. The standard InChI is InChI=1S/C27H29N3O3/c31-18-24-26(21-14-12-20(13-15-21)11-10-19-6-4-5-7-19)23-16-29(17-25(32)30(23)24)27(33)28-22-8-2-1-3-9-22/h1-3,8-9,12-15,19,23-24,26,31H,4-7,16-18H2,(H,28,33)/t23-,24-,26-/m1/s1. The maximum absolute atomic E-state index is 12.8. The molecule has 2 aliphatic heterocycles. The smallest absolute Gasteiger partial charge is 0.322 e. The number of amides is 3. The lowest BCUT2D eigenvalue weighted by atomic mass is 9.73. The van der Waals surface area contributed by atoms with Crippen molar-refractivity contribution in [2.45, 2.75) is 43.7 Å². The number of carbonyl (C=O) groups excluding carboxylic acids is 2. The number of benzene rings is 2. The largest absolute Gasteiger partial charge is 0.394 e. The number of piperazine rings is 1. The molecule has 0 unspecified atom stereocenters. The van der Waals surface area contributed by atoms with Gasteiger partial charge in [0.2, 0.25) is 5.91 Å². The van der Waals surface area contributed by atoms with Crippen LogP contribution in [0.2, 0.25) is 0 Å². The van der Waals surface area contributed by atoms with Crippen LogP contribution in [0, 0.1) is 17.8 Å². The first kappa shape index (κ1) is 21.5. The van der Waals surface area contributed by atoms with Crippen LogP contribution in [0.5, 0.6) is 0 Å². The quantitative estimate of drug-likeness (QED) is 0.714. The van der Waals surface area contributed by atoms with Crippen LogP contribution in [0.4, 0.5) is 10.5 Å². The van der Waals surface area contributed by atoms with Gasteiger partial charge < -0.3 is 20.2 Å². The maximum atomic E-state index is 12.8. The minimum Gasteiger partial charge on any atom is -0.394 e. The normalized spacial score (nSPS) is 24.5. The van der Waals surface area contributed by atoms with Gasteiger partial charge in [-0.1, -0.05) is 55.0 Å². The number of rotatable bonds is 3. The van der Waals surface area contributed by atoms with E-state index in [4.69, 9.17) is 0 Å². The number of nitrogens with zero attached hydrogens (tertiary/aromatic N) is 2. The average Bonchev–Trinajstić information content (AvgIpc) is 3.34. The summed E-state index contributed by atoms with van der Waals surface area (Å²) >= 11 is 0. The lowest BCUT2D eigenvalue weighted by Gasteiger charge is -2.58. The summed E-state index contributed by atoms with van der Waals surface area (Å²) in [5.41, 5.74) is 2.76. The summed E-state index contributed by atoms with van der Waals surface area (Å²) in [5, 5.41) is 12.9. The number of urea groups is 1. The molecule has 6 nitrogen and oxygen atoms in total. The number of fused-ring (bicyclic) bond motifs is 1. The van der Waals surface area contributed by atoms with E-state index in [1.165, 1.54) is 25.7 Å². The van der Waals surface area contributed by atoms with Crippen LogP contribution < -0.4 is 5.32 Å². The monoisotopic (exact) mass is 443 g/mol. The Morgan fingerprint density at radius 1 is 1.06 bits per heavy atom. The van der Waals surface area contributed by atoms with E-state index in [0.29, 0.717) is 18.2 Å². The molecule has 1 aliphatic carbocycles. The van der Waals surface area contributed by atoms with Crippen molar-refractivity contribution in [3.05, 3.63) is 65.7 Å². The first-order valence-electron chi connectivity index (χ1n) is 11.8. The molecule has 2 heterocycles.